The number of hydrogen-bond acceptors (Lipinski definition) is 4. The fourth-order valence-electron chi connectivity index (χ4n) is 3.05. The summed E-state index contributed by atoms with van der Waals surface area (Å²) in [7, 11) is 0. The summed E-state index contributed by atoms with van der Waals surface area (Å²) in [6.45, 7) is 9.77. The van der Waals surface area contributed by atoms with E-state index in [2.05, 4.69) is 22.1 Å². The molecule has 0 radical (unpaired) electrons. The Bertz CT molecular complexity index is 671. The summed E-state index contributed by atoms with van der Waals surface area (Å²) in [5.74, 6) is 0.276. The van der Waals surface area contributed by atoms with Crippen molar-refractivity contribution in [3.05, 3.63) is 35.8 Å². The fraction of sp³-hybridized carbons (Fsp3) is 0.500. The summed E-state index contributed by atoms with van der Waals surface area (Å²) in [4.78, 5) is 6.91. The van der Waals surface area contributed by atoms with Gasteiger partial charge >= 0.3 is 0 Å². The molecular formula is C18H24FN3O. The first-order valence-electron chi connectivity index (χ1n) is 8.23. The van der Waals surface area contributed by atoms with Crippen LogP contribution in [0.1, 0.15) is 12.6 Å². The molecule has 0 amide bonds. The number of pyridine rings is 1. The van der Waals surface area contributed by atoms with Crippen molar-refractivity contribution in [3.63, 3.8) is 0 Å². The minimum Gasteiger partial charge on any atom is -0.384 e. The van der Waals surface area contributed by atoms with Crippen LogP contribution in [0.2, 0.25) is 0 Å². The van der Waals surface area contributed by atoms with Crippen LogP contribution in [0.4, 0.5) is 10.1 Å². The van der Waals surface area contributed by atoms with Gasteiger partial charge in [0.25, 0.3) is 0 Å². The highest BCUT2D eigenvalue weighted by atomic mass is 19.1. The Morgan fingerprint density at radius 1 is 1.30 bits per heavy atom. The maximum atomic E-state index is 13.6. The molecule has 1 atom stereocenters. The minimum absolute atomic E-state index is 0.229. The largest absolute Gasteiger partial charge is 0.384 e. The minimum atomic E-state index is -0.229. The van der Waals surface area contributed by atoms with Crippen LogP contribution in [0, 0.1) is 18.7 Å². The van der Waals surface area contributed by atoms with Crippen molar-refractivity contribution in [1.29, 1.82) is 0 Å². The van der Waals surface area contributed by atoms with Crippen molar-refractivity contribution in [1.82, 2.24) is 9.88 Å². The lowest BCUT2D eigenvalue weighted by atomic mass is 10.1. The second kappa shape index (κ2) is 7.23. The lowest BCUT2D eigenvalue weighted by molar-refractivity contribution is 0.0325. The SMILES string of the molecule is Cc1cc(NCC(C)CN2CCOCC2)c2cc(F)ccc2n1. The van der Waals surface area contributed by atoms with E-state index in [1.54, 1.807) is 12.1 Å². The number of nitrogens with zero attached hydrogens (tertiary/aromatic N) is 2. The summed E-state index contributed by atoms with van der Waals surface area (Å²) >= 11 is 0. The molecule has 0 saturated carbocycles. The zero-order chi connectivity index (χ0) is 16.2. The van der Waals surface area contributed by atoms with Crippen LogP contribution in [0.15, 0.2) is 24.3 Å². The Morgan fingerprint density at radius 2 is 2.09 bits per heavy atom. The molecule has 1 aromatic heterocycles. The molecule has 1 N–H and O–H groups in total. The first-order valence-corrected chi connectivity index (χ1v) is 8.23. The molecule has 2 heterocycles. The summed E-state index contributed by atoms with van der Waals surface area (Å²) in [5, 5.41) is 4.32. The Morgan fingerprint density at radius 3 is 2.87 bits per heavy atom. The number of ether oxygens (including phenoxy) is 1. The number of anilines is 1. The molecule has 1 aliphatic heterocycles. The Kier molecular flexibility index (Phi) is 5.08. The van der Waals surface area contributed by atoms with E-state index in [9.17, 15) is 4.39 Å². The predicted octanol–water partition coefficient (Wildman–Crippen LogP) is 3.06. The van der Waals surface area contributed by atoms with Crippen molar-refractivity contribution < 1.29 is 9.13 Å². The van der Waals surface area contributed by atoms with Gasteiger partial charge in [-0.25, -0.2) is 4.39 Å². The van der Waals surface area contributed by atoms with Crippen LogP contribution in [0.5, 0.6) is 0 Å². The standard InChI is InChI=1S/C18H24FN3O/c1-13(12-22-5-7-23-8-6-22)11-20-18-9-14(2)21-17-4-3-15(19)10-16(17)18/h3-4,9-10,13H,5-8,11-12H2,1-2H3,(H,20,21). The van der Waals surface area contributed by atoms with Gasteiger partial charge in [0.15, 0.2) is 0 Å². The van der Waals surface area contributed by atoms with E-state index in [1.807, 2.05) is 13.0 Å². The molecule has 1 aliphatic rings. The van der Waals surface area contributed by atoms with E-state index in [4.69, 9.17) is 4.74 Å². The predicted molar refractivity (Wildman–Crippen MR) is 91.4 cm³/mol. The molecule has 1 aromatic carbocycles. The molecule has 0 bridgehead atoms. The van der Waals surface area contributed by atoms with Crippen molar-refractivity contribution >= 4 is 16.6 Å². The van der Waals surface area contributed by atoms with Crippen LogP contribution in [-0.4, -0.2) is 49.3 Å². The van der Waals surface area contributed by atoms with Crippen LogP contribution in [0.25, 0.3) is 10.9 Å². The third-order valence-corrected chi connectivity index (χ3v) is 4.21. The smallest absolute Gasteiger partial charge is 0.124 e. The molecule has 23 heavy (non-hydrogen) atoms. The fourth-order valence-corrected chi connectivity index (χ4v) is 3.05. The number of benzene rings is 1. The van der Waals surface area contributed by atoms with Crippen molar-refractivity contribution in [2.75, 3.05) is 44.7 Å². The number of morpholine rings is 1. The molecule has 3 rings (SSSR count). The average Bonchev–Trinajstić information content (AvgIpc) is 2.54. The number of hydrogen-bond donors (Lipinski definition) is 1. The van der Waals surface area contributed by atoms with Crippen LogP contribution >= 0.6 is 0 Å². The molecule has 1 unspecified atom stereocenters. The zero-order valence-corrected chi connectivity index (χ0v) is 13.8. The van der Waals surface area contributed by atoms with E-state index < -0.39 is 0 Å². The Balaban J connectivity index is 1.67. The highest BCUT2D eigenvalue weighted by Crippen LogP contribution is 2.24. The lowest BCUT2D eigenvalue weighted by Crippen LogP contribution is -2.40. The highest BCUT2D eigenvalue weighted by molar-refractivity contribution is 5.91. The molecular weight excluding hydrogens is 293 g/mol. The van der Waals surface area contributed by atoms with Gasteiger partial charge in [-0.05, 0) is 37.1 Å². The topological polar surface area (TPSA) is 37.4 Å². The lowest BCUT2D eigenvalue weighted by Gasteiger charge is -2.29. The zero-order valence-electron chi connectivity index (χ0n) is 13.8. The molecule has 1 saturated heterocycles. The monoisotopic (exact) mass is 317 g/mol. The van der Waals surface area contributed by atoms with E-state index in [1.165, 1.54) is 6.07 Å². The second-order valence-electron chi connectivity index (χ2n) is 6.37. The van der Waals surface area contributed by atoms with Crippen LogP contribution < -0.4 is 5.32 Å². The maximum absolute atomic E-state index is 13.6. The van der Waals surface area contributed by atoms with Crippen molar-refractivity contribution in [2.24, 2.45) is 5.92 Å². The summed E-state index contributed by atoms with van der Waals surface area (Å²) in [6, 6.07) is 6.74. The third kappa shape index (κ3) is 4.18. The average molecular weight is 317 g/mol. The molecule has 2 aromatic rings. The molecule has 4 nitrogen and oxygen atoms in total. The maximum Gasteiger partial charge on any atom is 0.124 e. The highest BCUT2D eigenvalue weighted by Gasteiger charge is 2.14. The quantitative estimate of drug-likeness (QED) is 0.920. The van der Waals surface area contributed by atoms with E-state index >= 15 is 0 Å². The van der Waals surface area contributed by atoms with Gasteiger partial charge in [0.2, 0.25) is 0 Å². The molecule has 124 valence electrons. The second-order valence-corrected chi connectivity index (χ2v) is 6.37. The normalized spacial score (nSPS) is 17.3. The summed E-state index contributed by atoms with van der Waals surface area (Å²) in [6.07, 6.45) is 0. The van der Waals surface area contributed by atoms with Gasteiger partial charge in [-0.3, -0.25) is 9.88 Å². The van der Waals surface area contributed by atoms with E-state index in [0.29, 0.717) is 5.92 Å². The molecule has 5 heteroatoms. The van der Waals surface area contributed by atoms with Gasteiger partial charge in [0.1, 0.15) is 5.82 Å². The molecule has 0 aliphatic carbocycles. The Labute approximate surface area is 136 Å². The molecule has 1 fully saturated rings. The number of fused-ring (bicyclic) bond motifs is 1. The summed E-state index contributed by atoms with van der Waals surface area (Å²) < 4.78 is 18.9. The van der Waals surface area contributed by atoms with Crippen molar-refractivity contribution in [3.8, 4) is 0 Å². The van der Waals surface area contributed by atoms with E-state index in [0.717, 1.165) is 61.7 Å². The van der Waals surface area contributed by atoms with Gasteiger partial charge < -0.3 is 10.1 Å². The van der Waals surface area contributed by atoms with Gasteiger partial charge in [-0.15, -0.1) is 0 Å². The van der Waals surface area contributed by atoms with Gasteiger partial charge in [0.05, 0.1) is 18.7 Å². The van der Waals surface area contributed by atoms with Crippen LogP contribution in [-0.2, 0) is 4.74 Å². The molecule has 0 spiro atoms. The van der Waals surface area contributed by atoms with Gasteiger partial charge in [-0.1, -0.05) is 6.92 Å². The van der Waals surface area contributed by atoms with Gasteiger partial charge in [-0.2, -0.15) is 0 Å². The summed E-state index contributed by atoms with van der Waals surface area (Å²) in [5.41, 5.74) is 2.73. The first-order chi connectivity index (χ1) is 11.1. The number of aromatic nitrogens is 1. The number of halogens is 1. The van der Waals surface area contributed by atoms with E-state index in [-0.39, 0.29) is 5.82 Å². The van der Waals surface area contributed by atoms with Crippen LogP contribution in [0.3, 0.4) is 0 Å². The van der Waals surface area contributed by atoms with Crippen molar-refractivity contribution in [2.45, 2.75) is 13.8 Å². The van der Waals surface area contributed by atoms with Gasteiger partial charge in [0, 0.05) is 42.9 Å². The first kappa shape index (κ1) is 16.1. The number of nitrogens with one attached hydrogen (secondary N) is 1. The Hall–Kier alpha value is -1.72. The third-order valence-electron chi connectivity index (χ3n) is 4.21. The number of aryl methyl sites for hydroxylation is 1. The number of rotatable bonds is 5.